The van der Waals surface area contributed by atoms with Crippen molar-refractivity contribution in [3.05, 3.63) is 76.2 Å². The molecule has 2 aromatic carbocycles. The van der Waals surface area contributed by atoms with E-state index in [0.717, 1.165) is 23.2 Å². The molecule has 8 nitrogen and oxygen atoms in total. The maximum atomic E-state index is 12.9. The summed E-state index contributed by atoms with van der Waals surface area (Å²) >= 11 is 5.77. The van der Waals surface area contributed by atoms with Gasteiger partial charge in [0.1, 0.15) is 5.56 Å². The van der Waals surface area contributed by atoms with Crippen molar-refractivity contribution >= 4 is 40.6 Å². The summed E-state index contributed by atoms with van der Waals surface area (Å²) in [5, 5.41) is 6.23. The predicted molar refractivity (Wildman–Crippen MR) is 118 cm³/mol. The highest BCUT2D eigenvalue weighted by molar-refractivity contribution is 6.28. The fourth-order valence-corrected chi connectivity index (χ4v) is 2.97. The van der Waals surface area contributed by atoms with E-state index in [1.54, 1.807) is 19.1 Å². The number of anilines is 3. The molecular weight excluding hydrogens is 461 g/mol. The average Bonchev–Trinajstić information content (AvgIpc) is 2.75. The Hall–Kier alpha value is -3.70. The zero-order chi connectivity index (χ0) is 24.3. The maximum Gasteiger partial charge on any atom is 0.416 e. The SMILES string of the molecule is Cc1ccc(NC(=O)c2cccc(C(F)(F)F)c2)cc1NC(=O)c1cnc(Cl)nc1N(C)N. The molecule has 0 aliphatic heterocycles. The largest absolute Gasteiger partial charge is 0.416 e. The molecule has 0 radical (unpaired) electrons. The first-order valence-electron chi connectivity index (χ1n) is 9.37. The van der Waals surface area contributed by atoms with Crippen molar-refractivity contribution in [1.82, 2.24) is 9.97 Å². The molecule has 0 atom stereocenters. The number of carbonyl (C=O) groups is 2. The van der Waals surface area contributed by atoms with E-state index in [1.807, 2.05) is 0 Å². The highest BCUT2D eigenvalue weighted by atomic mass is 35.5. The Morgan fingerprint density at radius 2 is 1.82 bits per heavy atom. The van der Waals surface area contributed by atoms with Crippen LogP contribution < -0.4 is 21.5 Å². The minimum absolute atomic E-state index is 0.0576. The molecule has 0 saturated heterocycles. The fourth-order valence-electron chi connectivity index (χ4n) is 2.85. The molecule has 3 aromatic rings. The van der Waals surface area contributed by atoms with E-state index in [9.17, 15) is 22.8 Å². The van der Waals surface area contributed by atoms with Crippen LogP contribution in [0.3, 0.4) is 0 Å². The van der Waals surface area contributed by atoms with Crippen LogP contribution >= 0.6 is 11.6 Å². The molecule has 0 bridgehead atoms. The summed E-state index contributed by atoms with van der Waals surface area (Å²) in [7, 11) is 1.48. The van der Waals surface area contributed by atoms with E-state index < -0.39 is 23.6 Å². The molecule has 172 valence electrons. The van der Waals surface area contributed by atoms with Crippen LogP contribution in [0.15, 0.2) is 48.7 Å². The van der Waals surface area contributed by atoms with Gasteiger partial charge in [-0.1, -0.05) is 12.1 Å². The molecule has 0 unspecified atom stereocenters. The van der Waals surface area contributed by atoms with Gasteiger partial charge in [-0.05, 0) is 54.4 Å². The van der Waals surface area contributed by atoms with E-state index in [0.29, 0.717) is 11.3 Å². The van der Waals surface area contributed by atoms with Crippen molar-refractivity contribution in [2.75, 3.05) is 22.7 Å². The van der Waals surface area contributed by atoms with Crippen LogP contribution in [0.4, 0.5) is 30.4 Å². The highest BCUT2D eigenvalue weighted by Gasteiger charge is 2.31. The monoisotopic (exact) mass is 478 g/mol. The normalized spacial score (nSPS) is 11.1. The third-order valence-corrected chi connectivity index (χ3v) is 4.70. The van der Waals surface area contributed by atoms with Crippen LogP contribution in [0.2, 0.25) is 5.28 Å². The molecule has 4 N–H and O–H groups in total. The fraction of sp³-hybridized carbons (Fsp3) is 0.143. The number of hydrazine groups is 1. The first-order valence-corrected chi connectivity index (χ1v) is 9.75. The lowest BCUT2D eigenvalue weighted by atomic mass is 10.1. The summed E-state index contributed by atoms with van der Waals surface area (Å²) < 4.78 is 38.8. The molecule has 2 amide bonds. The van der Waals surface area contributed by atoms with Crippen LogP contribution in [0.25, 0.3) is 0 Å². The number of nitrogens with one attached hydrogen (secondary N) is 2. The van der Waals surface area contributed by atoms with Gasteiger partial charge in [0, 0.05) is 30.2 Å². The number of halogens is 4. The molecule has 3 rings (SSSR count). The second-order valence-electron chi connectivity index (χ2n) is 7.00. The summed E-state index contributed by atoms with van der Waals surface area (Å²) in [6.45, 7) is 1.72. The number of alkyl halides is 3. The van der Waals surface area contributed by atoms with Gasteiger partial charge in [-0.3, -0.25) is 14.6 Å². The van der Waals surface area contributed by atoms with Gasteiger partial charge in [0.15, 0.2) is 5.82 Å². The molecule has 0 aliphatic carbocycles. The quantitative estimate of drug-likeness (QED) is 0.287. The van der Waals surface area contributed by atoms with Gasteiger partial charge < -0.3 is 10.6 Å². The second kappa shape index (κ2) is 9.43. The number of benzene rings is 2. The maximum absolute atomic E-state index is 12.9. The van der Waals surface area contributed by atoms with E-state index >= 15 is 0 Å². The topological polar surface area (TPSA) is 113 Å². The van der Waals surface area contributed by atoms with Crippen LogP contribution in [-0.4, -0.2) is 28.8 Å². The Bertz CT molecular complexity index is 1220. The van der Waals surface area contributed by atoms with Gasteiger partial charge in [0.25, 0.3) is 11.8 Å². The Morgan fingerprint density at radius 1 is 1.09 bits per heavy atom. The van der Waals surface area contributed by atoms with E-state index in [-0.39, 0.29) is 27.9 Å². The number of aryl methyl sites for hydroxylation is 1. The zero-order valence-electron chi connectivity index (χ0n) is 17.4. The second-order valence-corrected chi connectivity index (χ2v) is 7.34. The van der Waals surface area contributed by atoms with Crippen molar-refractivity contribution in [2.45, 2.75) is 13.1 Å². The molecule has 0 fully saturated rings. The van der Waals surface area contributed by atoms with Crippen molar-refractivity contribution in [3.8, 4) is 0 Å². The number of hydrogen-bond donors (Lipinski definition) is 3. The number of amides is 2. The lowest BCUT2D eigenvalue weighted by molar-refractivity contribution is -0.137. The minimum atomic E-state index is -4.57. The van der Waals surface area contributed by atoms with E-state index in [2.05, 4.69) is 20.6 Å². The minimum Gasteiger partial charge on any atom is -0.322 e. The first kappa shape index (κ1) is 24.0. The summed E-state index contributed by atoms with van der Waals surface area (Å²) in [6, 6.07) is 8.72. The number of nitrogens with two attached hydrogens (primary N) is 1. The third-order valence-electron chi connectivity index (χ3n) is 4.51. The summed E-state index contributed by atoms with van der Waals surface area (Å²) in [5.41, 5.74) is 0.243. The highest BCUT2D eigenvalue weighted by Crippen LogP contribution is 2.30. The van der Waals surface area contributed by atoms with Crippen molar-refractivity contribution < 1.29 is 22.8 Å². The summed E-state index contributed by atoms with van der Waals surface area (Å²) in [4.78, 5) is 33.0. The van der Waals surface area contributed by atoms with Crippen molar-refractivity contribution in [3.63, 3.8) is 0 Å². The van der Waals surface area contributed by atoms with Crippen molar-refractivity contribution in [2.24, 2.45) is 5.84 Å². The van der Waals surface area contributed by atoms with Gasteiger partial charge in [-0.2, -0.15) is 18.2 Å². The smallest absolute Gasteiger partial charge is 0.322 e. The van der Waals surface area contributed by atoms with Crippen molar-refractivity contribution in [1.29, 1.82) is 0 Å². The first-order chi connectivity index (χ1) is 15.5. The predicted octanol–water partition coefficient (Wildman–Crippen LogP) is 4.27. The van der Waals surface area contributed by atoms with Crippen LogP contribution in [0, 0.1) is 6.92 Å². The zero-order valence-corrected chi connectivity index (χ0v) is 18.1. The lowest BCUT2D eigenvalue weighted by Crippen LogP contribution is -2.29. The Labute approximate surface area is 191 Å². The van der Waals surface area contributed by atoms with Crippen LogP contribution in [-0.2, 0) is 6.18 Å². The Balaban J connectivity index is 1.82. The molecular formula is C21H18ClF3N6O2. The average molecular weight is 479 g/mol. The molecule has 12 heteroatoms. The van der Waals surface area contributed by atoms with E-state index in [1.165, 1.54) is 25.4 Å². The van der Waals surface area contributed by atoms with Gasteiger partial charge in [0.2, 0.25) is 5.28 Å². The number of hydrogen-bond acceptors (Lipinski definition) is 6. The van der Waals surface area contributed by atoms with Crippen LogP contribution in [0.5, 0.6) is 0 Å². The molecule has 1 heterocycles. The number of aromatic nitrogens is 2. The molecule has 0 saturated carbocycles. The summed E-state index contributed by atoms with van der Waals surface area (Å²) in [5.74, 6) is 4.48. The lowest BCUT2D eigenvalue weighted by Gasteiger charge is -2.16. The molecule has 0 spiro atoms. The number of rotatable bonds is 5. The molecule has 1 aromatic heterocycles. The standard InChI is InChI=1S/C21H18ClF3N6O2/c1-11-6-7-14(28-18(32)12-4-3-5-13(8-12)21(23,24)25)9-16(11)29-19(33)15-10-27-20(22)30-17(15)31(2)26/h3-10H,26H2,1-2H3,(H,28,32)(H,29,33). The number of carbonyl (C=O) groups excluding carboxylic acids is 2. The summed E-state index contributed by atoms with van der Waals surface area (Å²) in [6.07, 6.45) is -3.35. The van der Waals surface area contributed by atoms with Gasteiger partial charge in [0.05, 0.1) is 5.56 Å². The van der Waals surface area contributed by atoms with Crippen LogP contribution in [0.1, 0.15) is 31.8 Å². The van der Waals surface area contributed by atoms with Gasteiger partial charge in [-0.25, -0.2) is 10.8 Å². The number of nitrogens with zero attached hydrogens (tertiary/aromatic N) is 3. The third kappa shape index (κ3) is 5.76. The molecule has 33 heavy (non-hydrogen) atoms. The Kier molecular flexibility index (Phi) is 6.84. The van der Waals surface area contributed by atoms with Gasteiger partial charge >= 0.3 is 6.18 Å². The van der Waals surface area contributed by atoms with E-state index in [4.69, 9.17) is 17.4 Å². The Morgan fingerprint density at radius 3 is 2.48 bits per heavy atom. The molecule has 0 aliphatic rings. The van der Waals surface area contributed by atoms with Gasteiger partial charge in [-0.15, -0.1) is 0 Å².